The van der Waals surface area contributed by atoms with E-state index in [0.717, 1.165) is 44.7 Å². The first-order valence-electron chi connectivity index (χ1n) is 8.82. The molecule has 1 unspecified atom stereocenters. The fraction of sp³-hybridized carbons (Fsp3) is 0.526. The molecule has 0 radical (unpaired) electrons. The summed E-state index contributed by atoms with van der Waals surface area (Å²) < 4.78 is 6.10. The summed E-state index contributed by atoms with van der Waals surface area (Å²) in [6.07, 6.45) is 7.54. The highest BCUT2D eigenvalue weighted by molar-refractivity contribution is 5.78. The first kappa shape index (κ1) is 16.2. The second-order valence-corrected chi connectivity index (χ2v) is 6.40. The standard InChI is InChI=1S/C19H28N3O/c1-3-19(16-8-6-5-7-9-16)22(4-2)15-18(14-20-22)21-17-10-12-23-13-11-17/h5-9,14-15,17,19,21H,3-4,10-13H2,1-2H3/q+1/t19-,22?/m1/s1. The molecule has 0 bridgehead atoms. The highest BCUT2D eigenvalue weighted by atomic mass is 16.5. The molecule has 4 nitrogen and oxygen atoms in total. The summed E-state index contributed by atoms with van der Waals surface area (Å²) in [6, 6.07) is 11.6. The van der Waals surface area contributed by atoms with E-state index in [4.69, 9.17) is 9.84 Å². The van der Waals surface area contributed by atoms with E-state index in [1.807, 2.05) is 6.21 Å². The molecule has 1 N–H and O–H groups in total. The number of rotatable bonds is 6. The second-order valence-electron chi connectivity index (χ2n) is 6.40. The van der Waals surface area contributed by atoms with E-state index in [0.29, 0.717) is 16.7 Å². The van der Waals surface area contributed by atoms with Crippen molar-refractivity contribution in [1.82, 2.24) is 5.32 Å². The lowest BCUT2D eigenvalue weighted by Gasteiger charge is -2.33. The van der Waals surface area contributed by atoms with Crippen molar-refractivity contribution in [3.8, 4) is 0 Å². The summed E-state index contributed by atoms with van der Waals surface area (Å²) in [6.45, 7) is 7.15. The Morgan fingerprint density at radius 3 is 2.61 bits per heavy atom. The maximum atomic E-state index is 5.44. The predicted octanol–water partition coefficient (Wildman–Crippen LogP) is 3.58. The Bertz CT molecular complexity index is 563. The van der Waals surface area contributed by atoms with Gasteiger partial charge in [0.1, 0.15) is 30.7 Å². The second kappa shape index (κ2) is 7.28. The lowest BCUT2D eigenvalue weighted by atomic mass is 10.0. The third-order valence-electron chi connectivity index (χ3n) is 4.98. The van der Waals surface area contributed by atoms with Crippen LogP contribution in [0, 0.1) is 0 Å². The van der Waals surface area contributed by atoms with Crippen LogP contribution in [0.4, 0.5) is 0 Å². The molecule has 0 amide bonds. The zero-order valence-electron chi connectivity index (χ0n) is 14.2. The Labute approximate surface area is 139 Å². The average Bonchev–Trinajstić information content (AvgIpc) is 3.01. The van der Waals surface area contributed by atoms with Crippen LogP contribution in [0.5, 0.6) is 0 Å². The molecule has 2 atom stereocenters. The van der Waals surface area contributed by atoms with Crippen molar-refractivity contribution >= 4 is 6.21 Å². The highest BCUT2D eigenvalue weighted by Gasteiger charge is 2.38. The van der Waals surface area contributed by atoms with Crippen molar-refractivity contribution in [2.24, 2.45) is 5.10 Å². The van der Waals surface area contributed by atoms with Crippen molar-refractivity contribution in [1.29, 1.82) is 0 Å². The zero-order chi connectivity index (χ0) is 16.1. The Hall–Kier alpha value is -1.65. The van der Waals surface area contributed by atoms with Crippen molar-refractivity contribution in [3.63, 3.8) is 0 Å². The predicted molar refractivity (Wildman–Crippen MR) is 93.8 cm³/mol. The van der Waals surface area contributed by atoms with Gasteiger partial charge in [0.25, 0.3) is 0 Å². The van der Waals surface area contributed by atoms with Crippen LogP contribution in [0.15, 0.2) is 47.3 Å². The van der Waals surface area contributed by atoms with Crippen molar-refractivity contribution < 1.29 is 9.33 Å². The van der Waals surface area contributed by atoms with Gasteiger partial charge in [0.2, 0.25) is 0 Å². The molecule has 0 saturated carbocycles. The van der Waals surface area contributed by atoms with Crippen LogP contribution in [-0.4, -0.2) is 36.6 Å². The number of nitrogens with zero attached hydrogens (tertiary/aromatic N) is 2. The molecular formula is C19H28N3O+. The van der Waals surface area contributed by atoms with Crippen LogP contribution in [0.25, 0.3) is 0 Å². The van der Waals surface area contributed by atoms with Crippen LogP contribution in [0.1, 0.15) is 44.7 Å². The number of hydrogen-bond acceptors (Lipinski definition) is 3. The molecule has 0 aromatic heterocycles. The van der Waals surface area contributed by atoms with Crippen LogP contribution < -0.4 is 5.32 Å². The first-order valence-corrected chi connectivity index (χ1v) is 8.82. The van der Waals surface area contributed by atoms with Gasteiger partial charge in [0.15, 0.2) is 0 Å². The third kappa shape index (κ3) is 3.48. The molecule has 2 aliphatic heterocycles. The number of ether oxygens (including phenoxy) is 1. The fourth-order valence-corrected chi connectivity index (χ4v) is 3.68. The molecule has 4 heteroatoms. The third-order valence-corrected chi connectivity index (χ3v) is 4.98. The maximum absolute atomic E-state index is 5.44. The van der Waals surface area contributed by atoms with Gasteiger partial charge in [-0.2, -0.15) is 4.59 Å². The van der Waals surface area contributed by atoms with Crippen LogP contribution in [0.2, 0.25) is 0 Å². The molecule has 0 aliphatic carbocycles. The van der Waals surface area contributed by atoms with E-state index in [2.05, 4.69) is 55.7 Å². The zero-order valence-corrected chi connectivity index (χ0v) is 14.2. The van der Waals surface area contributed by atoms with Crippen LogP contribution >= 0.6 is 0 Å². The van der Waals surface area contributed by atoms with Gasteiger partial charge in [-0.25, -0.2) is 0 Å². The molecule has 1 aromatic rings. The van der Waals surface area contributed by atoms with Gasteiger partial charge in [-0.05, 0) is 19.8 Å². The molecule has 0 spiro atoms. The van der Waals surface area contributed by atoms with Crippen LogP contribution in [-0.2, 0) is 4.74 Å². The Morgan fingerprint density at radius 2 is 1.96 bits per heavy atom. The molecule has 1 fully saturated rings. The number of hydrogen-bond donors (Lipinski definition) is 1. The molecule has 124 valence electrons. The summed E-state index contributed by atoms with van der Waals surface area (Å²) in [5, 5.41) is 8.56. The molecule has 2 aliphatic rings. The normalized spacial score (nSPS) is 26.1. The number of quaternary nitrogens is 1. The van der Waals surface area contributed by atoms with Gasteiger partial charge in [-0.3, -0.25) is 0 Å². The molecular weight excluding hydrogens is 286 g/mol. The molecule has 3 rings (SSSR count). The van der Waals surface area contributed by atoms with E-state index in [1.54, 1.807) is 0 Å². The minimum Gasteiger partial charge on any atom is -0.381 e. The average molecular weight is 314 g/mol. The topological polar surface area (TPSA) is 33.6 Å². The fourth-order valence-electron chi connectivity index (χ4n) is 3.68. The smallest absolute Gasteiger partial charge is 0.148 e. The maximum Gasteiger partial charge on any atom is 0.148 e. The Kier molecular flexibility index (Phi) is 5.13. The summed E-state index contributed by atoms with van der Waals surface area (Å²) in [4.78, 5) is 0. The summed E-state index contributed by atoms with van der Waals surface area (Å²) in [5.74, 6) is 0. The number of benzene rings is 1. The summed E-state index contributed by atoms with van der Waals surface area (Å²) >= 11 is 0. The number of allylic oxidation sites excluding steroid dienone is 1. The monoisotopic (exact) mass is 314 g/mol. The van der Waals surface area contributed by atoms with Crippen molar-refractivity contribution in [3.05, 3.63) is 47.8 Å². The van der Waals surface area contributed by atoms with Gasteiger partial charge in [-0.1, -0.05) is 42.4 Å². The van der Waals surface area contributed by atoms with Gasteiger partial charge in [-0.15, -0.1) is 0 Å². The quantitative estimate of drug-likeness (QED) is 0.814. The Balaban J connectivity index is 1.79. The minimum absolute atomic E-state index is 0.367. The van der Waals surface area contributed by atoms with Gasteiger partial charge in [0, 0.05) is 31.2 Å². The van der Waals surface area contributed by atoms with Gasteiger partial charge >= 0.3 is 0 Å². The van der Waals surface area contributed by atoms with E-state index in [-0.39, 0.29) is 0 Å². The molecule has 1 aromatic carbocycles. The Morgan fingerprint density at radius 1 is 1.22 bits per heavy atom. The first-order chi connectivity index (χ1) is 11.3. The van der Waals surface area contributed by atoms with Crippen molar-refractivity contribution in [2.75, 3.05) is 19.8 Å². The lowest BCUT2D eigenvalue weighted by molar-refractivity contribution is -0.913. The minimum atomic E-state index is 0.367. The summed E-state index contributed by atoms with van der Waals surface area (Å²) in [5.41, 5.74) is 2.52. The van der Waals surface area contributed by atoms with E-state index < -0.39 is 0 Å². The molecule has 1 saturated heterocycles. The van der Waals surface area contributed by atoms with Crippen LogP contribution in [0.3, 0.4) is 0 Å². The van der Waals surface area contributed by atoms with E-state index in [1.165, 1.54) is 5.56 Å². The van der Waals surface area contributed by atoms with Gasteiger partial charge in [0.05, 0.1) is 0 Å². The van der Waals surface area contributed by atoms with E-state index in [9.17, 15) is 0 Å². The van der Waals surface area contributed by atoms with Crippen molar-refractivity contribution in [2.45, 2.75) is 45.2 Å². The van der Waals surface area contributed by atoms with E-state index >= 15 is 0 Å². The lowest BCUT2D eigenvalue weighted by Crippen LogP contribution is -2.40. The molecule has 2 heterocycles. The largest absolute Gasteiger partial charge is 0.381 e. The molecule has 23 heavy (non-hydrogen) atoms. The number of nitrogens with one attached hydrogen (secondary N) is 1. The van der Waals surface area contributed by atoms with Gasteiger partial charge < -0.3 is 10.1 Å². The summed E-state index contributed by atoms with van der Waals surface area (Å²) in [7, 11) is 0. The SMILES string of the molecule is CC[C@H](c1ccccc1)[N+]1(CC)C=C(NC2CCOCC2)C=N1. The highest BCUT2D eigenvalue weighted by Crippen LogP contribution is 2.35.